The lowest BCUT2D eigenvalue weighted by Crippen LogP contribution is -2.14. The molecule has 0 spiro atoms. The summed E-state index contributed by atoms with van der Waals surface area (Å²) in [6.45, 7) is 1.96. The number of H-pyrrole nitrogens is 1. The molecule has 4 heterocycles. The number of carbonyl (C=O) groups is 1. The number of carbonyl (C=O) groups excluding carboxylic acids is 1. The van der Waals surface area contributed by atoms with Crippen LogP contribution in [0.25, 0.3) is 10.2 Å². The fourth-order valence-electron chi connectivity index (χ4n) is 2.60. The number of pyridine rings is 2. The van der Waals surface area contributed by atoms with Gasteiger partial charge in [-0.05, 0) is 41.6 Å². The van der Waals surface area contributed by atoms with Gasteiger partial charge in [0, 0.05) is 18.3 Å². The van der Waals surface area contributed by atoms with Gasteiger partial charge in [0.05, 0.1) is 22.7 Å². The average Bonchev–Trinajstić information content (AvgIpc) is 3.28. The van der Waals surface area contributed by atoms with Crippen molar-refractivity contribution in [1.29, 1.82) is 0 Å². The van der Waals surface area contributed by atoms with Crippen molar-refractivity contribution >= 4 is 33.3 Å². The monoisotopic (exact) mass is 349 g/mol. The summed E-state index contributed by atoms with van der Waals surface area (Å²) < 4.78 is 1.10. The lowest BCUT2D eigenvalue weighted by molar-refractivity contribution is 0.102. The lowest BCUT2D eigenvalue weighted by atomic mass is 10.1. The van der Waals surface area contributed by atoms with Crippen LogP contribution in [0.4, 0.5) is 5.82 Å². The predicted octanol–water partition coefficient (Wildman–Crippen LogP) is 3.57. The summed E-state index contributed by atoms with van der Waals surface area (Å²) in [5.41, 5.74) is 4.37. The number of hydrogen-bond donors (Lipinski definition) is 2. The Morgan fingerprint density at radius 2 is 2.20 bits per heavy atom. The number of imidazole rings is 1. The minimum atomic E-state index is -0.263. The van der Waals surface area contributed by atoms with Crippen LogP contribution in [0.15, 0.2) is 48.4 Å². The highest BCUT2D eigenvalue weighted by Gasteiger charge is 2.14. The number of aryl methyl sites for hydroxylation is 1. The molecule has 0 aliphatic rings. The molecule has 0 unspecified atom stereocenters. The standard InChI is InChI=1S/C18H15N5OS/c1-11-2-3-12(8-20-11)6-13-7-15(22-14-4-5-25-17(13)14)18(24)23-16-9-19-10-21-16/h2-5,7-10H,6H2,1H3,(H,19,21)(H,23,24). The molecule has 0 aliphatic heterocycles. The van der Waals surface area contributed by atoms with E-state index in [4.69, 9.17) is 0 Å². The number of aromatic amines is 1. The Morgan fingerprint density at radius 3 is 2.96 bits per heavy atom. The Labute approximate surface area is 148 Å². The number of nitrogens with one attached hydrogen (secondary N) is 2. The molecule has 124 valence electrons. The van der Waals surface area contributed by atoms with Gasteiger partial charge < -0.3 is 10.3 Å². The van der Waals surface area contributed by atoms with Crippen molar-refractivity contribution in [3.8, 4) is 0 Å². The summed E-state index contributed by atoms with van der Waals surface area (Å²) in [4.78, 5) is 28.1. The van der Waals surface area contributed by atoms with Crippen molar-refractivity contribution < 1.29 is 4.79 Å². The molecule has 25 heavy (non-hydrogen) atoms. The highest BCUT2D eigenvalue weighted by atomic mass is 32.1. The fourth-order valence-corrected chi connectivity index (χ4v) is 3.45. The molecule has 4 rings (SSSR count). The van der Waals surface area contributed by atoms with E-state index in [1.54, 1.807) is 17.5 Å². The van der Waals surface area contributed by atoms with Gasteiger partial charge in [-0.25, -0.2) is 9.97 Å². The van der Waals surface area contributed by atoms with Gasteiger partial charge in [0.25, 0.3) is 5.91 Å². The van der Waals surface area contributed by atoms with Gasteiger partial charge >= 0.3 is 0 Å². The quantitative estimate of drug-likeness (QED) is 0.590. The lowest BCUT2D eigenvalue weighted by Gasteiger charge is -2.07. The second-order valence-electron chi connectivity index (χ2n) is 5.71. The first-order valence-electron chi connectivity index (χ1n) is 7.77. The highest BCUT2D eigenvalue weighted by Crippen LogP contribution is 2.26. The van der Waals surface area contributed by atoms with Crippen molar-refractivity contribution in [3.63, 3.8) is 0 Å². The molecule has 6 nitrogen and oxygen atoms in total. The Morgan fingerprint density at radius 1 is 1.28 bits per heavy atom. The van der Waals surface area contributed by atoms with Crippen LogP contribution < -0.4 is 5.32 Å². The SMILES string of the molecule is Cc1ccc(Cc2cc(C(=O)Nc3cnc[nH]3)nc3ccsc23)cn1. The molecule has 0 aliphatic carbocycles. The largest absolute Gasteiger partial charge is 0.331 e. The normalized spacial score (nSPS) is 10.9. The zero-order valence-electron chi connectivity index (χ0n) is 13.5. The van der Waals surface area contributed by atoms with Gasteiger partial charge in [0.2, 0.25) is 0 Å². The van der Waals surface area contributed by atoms with E-state index < -0.39 is 0 Å². The third-order valence-corrected chi connectivity index (χ3v) is 4.81. The van der Waals surface area contributed by atoms with Crippen LogP contribution in [0.5, 0.6) is 0 Å². The first-order valence-corrected chi connectivity index (χ1v) is 8.65. The van der Waals surface area contributed by atoms with Gasteiger partial charge in [-0.2, -0.15) is 0 Å². The minimum absolute atomic E-state index is 0.263. The third kappa shape index (κ3) is 3.27. The zero-order valence-corrected chi connectivity index (χ0v) is 14.3. The molecule has 2 N–H and O–H groups in total. The van der Waals surface area contributed by atoms with Crippen molar-refractivity contribution in [1.82, 2.24) is 19.9 Å². The van der Waals surface area contributed by atoms with E-state index in [9.17, 15) is 4.79 Å². The number of thiophene rings is 1. The first kappa shape index (κ1) is 15.5. The molecule has 0 bridgehead atoms. The van der Waals surface area contributed by atoms with E-state index in [-0.39, 0.29) is 5.91 Å². The van der Waals surface area contributed by atoms with E-state index in [0.717, 1.165) is 27.0 Å². The van der Waals surface area contributed by atoms with Crippen LogP contribution >= 0.6 is 11.3 Å². The van der Waals surface area contributed by atoms with Crippen LogP contribution in [-0.2, 0) is 6.42 Å². The molecule has 0 aromatic carbocycles. The molecule has 1 amide bonds. The van der Waals surface area contributed by atoms with Crippen LogP contribution in [0.1, 0.15) is 27.3 Å². The molecular formula is C18H15N5OS. The van der Waals surface area contributed by atoms with Crippen molar-refractivity contribution in [2.75, 3.05) is 5.32 Å². The molecule has 0 fully saturated rings. The average molecular weight is 349 g/mol. The van der Waals surface area contributed by atoms with Gasteiger partial charge in [0.1, 0.15) is 11.5 Å². The molecule has 0 radical (unpaired) electrons. The second-order valence-corrected chi connectivity index (χ2v) is 6.62. The first-order chi connectivity index (χ1) is 12.2. The predicted molar refractivity (Wildman–Crippen MR) is 97.9 cm³/mol. The summed E-state index contributed by atoms with van der Waals surface area (Å²) in [5.74, 6) is 0.280. The molecular weight excluding hydrogens is 334 g/mol. The fraction of sp³-hybridized carbons (Fsp3) is 0.111. The van der Waals surface area contributed by atoms with E-state index in [2.05, 4.69) is 31.3 Å². The van der Waals surface area contributed by atoms with E-state index in [1.807, 2.05) is 36.7 Å². The van der Waals surface area contributed by atoms with E-state index >= 15 is 0 Å². The van der Waals surface area contributed by atoms with Crippen molar-refractivity contribution in [2.45, 2.75) is 13.3 Å². The molecule has 0 saturated heterocycles. The molecule has 0 atom stereocenters. The van der Waals surface area contributed by atoms with Gasteiger partial charge in [-0.3, -0.25) is 9.78 Å². The number of nitrogens with zero attached hydrogens (tertiary/aromatic N) is 3. The smallest absolute Gasteiger partial charge is 0.275 e. The summed E-state index contributed by atoms with van der Waals surface area (Å²) in [5, 5.41) is 4.76. The number of amides is 1. The topological polar surface area (TPSA) is 83.6 Å². The summed E-state index contributed by atoms with van der Waals surface area (Å²) >= 11 is 1.63. The van der Waals surface area contributed by atoms with E-state index in [1.165, 1.54) is 6.33 Å². The van der Waals surface area contributed by atoms with Gasteiger partial charge in [0.15, 0.2) is 0 Å². The molecule has 4 aromatic heterocycles. The second kappa shape index (κ2) is 6.45. The van der Waals surface area contributed by atoms with Crippen LogP contribution in [-0.4, -0.2) is 25.8 Å². The van der Waals surface area contributed by atoms with Crippen LogP contribution in [0.3, 0.4) is 0 Å². The molecule has 0 saturated carbocycles. The Balaban J connectivity index is 1.69. The van der Waals surface area contributed by atoms with Gasteiger partial charge in [-0.15, -0.1) is 11.3 Å². The maximum atomic E-state index is 12.5. The number of aromatic nitrogens is 4. The van der Waals surface area contributed by atoms with Crippen LogP contribution in [0.2, 0.25) is 0 Å². The Kier molecular flexibility index (Phi) is 3.99. The number of fused-ring (bicyclic) bond motifs is 1. The summed E-state index contributed by atoms with van der Waals surface area (Å²) in [7, 11) is 0. The number of rotatable bonds is 4. The maximum absolute atomic E-state index is 12.5. The number of hydrogen-bond acceptors (Lipinski definition) is 5. The van der Waals surface area contributed by atoms with Gasteiger partial charge in [-0.1, -0.05) is 6.07 Å². The van der Waals surface area contributed by atoms with Crippen molar-refractivity contribution in [2.24, 2.45) is 0 Å². The maximum Gasteiger partial charge on any atom is 0.275 e. The molecule has 7 heteroatoms. The highest BCUT2D eigenvalue weighted by molar-refractivity contribution is 7.17. The number of anilines is 1. The van der Waals surface area contributed by atoms with E-state index in [0.29, 0.717) is 17.9 Å². The zero-order chi connectivity index (χ0) is 17.2. The molecule has 4 aromatic rings. The third-order valence-electron chi connectivity index (χ3n) is 3.83. The van der Waals surface area contributed by atoms with Crippen LogP contribution in [0, 0.1) is 6.92 Å². The minimum Gasteiger partial charge on any atom is -0.331 e. The Hall–Kier alpha value is -3.06. The van der Waals surface area contributed by atoms with Crippen molar-refractivity contribution in [3.05, 3.63) is 70.9 Å². The summed E-state index contributed by atoms with van der Waals surface area (Å²) in [6, 6.07) is 7.84. The Bertz CT molecular complexity index is 1020. The summed E-state index contributed by atoms with van der Waals surface area (Å²) in [6.07, 6.45) is 5.65.